The van der Waals surface area contributed by atoms with Crippen LogP contribution in [0.15, 0.2) is 29.3 Å². The summed E-state index contributed by atoms with van der Waals surface area (Å²) in [5, 5.41) is 25.9. The van der Waals surface area contributed by atoms with Gasteiger partial charge in [-0.2, -0.15) is 0 Å². The number of amidine groups is 1. The van der Waals surface area contributed by atoms with Crippen LogP contribution in [0.25, 0.3) is 0 Å². The predicted molar refractivity (Wildman–Crippen MR) is 57.3 cm³/mol. The molecule has 0 unspecified atom stereocenters. The molecule has 0 bridgehead atoms. The summed E-state index contributed by atoms with van der Waals surface area (Å²) in [5.74, 6) is -1.23. The van der Waals surface area contributed by atoms with Crippen molar-refractivity contribution in [1.82, 2.24) is 0 Å². The average molecular weight is 224 g/mol. The second kappa shape index (κ2) is 5.24. The Morgan fingerprint density at radius 3 is 2.31 bits per heavy atom. The summed E-state index contributed by atoms with van der Waals surface area (Å²) < 4.78 is 0. The molecule has 0 radical (unpaired) electrons. The number of carboxylic acids is 1. The Bertz CT molecular complexity index is 398. The molecule has 0 heterocycles. The molecular weight excluding hydrogens is 212 g/mol. The van der Waals surface area contributed by atoms with Crippen molar-refractivity contribution >= 4 is 17.5 Å². The second-order valence-electron chi connectivity index (χ2n) is 3.15. The maximum Gasteiger partial charge on any atom is 0.307 e. The number of nitrogens with two attached hydrogens (primary N) is 1. The lowest BCUT2D eigenvalue weighted by Gasteiger charge is -2.02. The molecule has 0 fully saturated rings. The van der Waals surface area contributed by atoms with Crippen LogP contribution in [0.5, 0.6) is 0 Å². The Kier molecular flexibility index (Phi) is 3.98. The van der Waals surface area contributed by atoms with Gasteiger partial charge in [0.05, 0.1) is 12.1 Å². The molecule has 0 atom stereocenters. The summed E-state index contributed by atoms with van der Waals surface area (Å²) in [6.45, 7) is 0. The van der Waals surface area contributed by atoms with Crippen LogP contribution in [0.2, 0.25) is 0 Å². The van der Waals surface area contributed by atoms with Gasteiger partial charge < -0.3 is 21.1 Å². The third kappa shape index (κ3) is 3.68. The van der Waals surface area contributed by atoms with E-state index in [1.54, 1.807) is 24.3 Å². The van der Waals surface area contributed by atoms with Gasteiger partial charge in [-0.15, -0.1) is 0 Å². The first-order valence-electron chi connectivity index (χ1n) is 4.50. The molecule has 0 aliphatic heterocycles. The van der Waals surface area contributed by atoms with Gasteiger partial charge in [0.25, 0.3) is 0 Å². The molecular formula is C10H12N2O4. The monoisotopic (exact) mass is 224 g/mol. The van der Waals surface area contributed by atoms with Crippen LogP contribution in [0.4, 0.5) is 5.69 Å². The van der Waals surface area contributed by atoms with Gasteiger partial charge >= 0.3 is 5.97 Å². The Morgan fingerprint density at radius 1 is 1.31 bits per heavy atom. The fourth-order valence-electron chi connectivity index (χ4n) is 1.07. The van der Waals surface area contributed by atoms with Crippen molar-refractivity contribution in [2.45, 2.75) is 12.7 Å². The van der Waals surface area contributed by atoms with Gasteiger partial charge in [0.15, 0.2) is 5.84 Å². The molecule has 0 aliphatic carbocycles. The first-order chi connectivity index (χ1) is 7.49. The maximum absolute atomic E-state index is 10.4. The second-order valence-corrected chi connectivity index (χ2v) is 3.15. The normalized spacial score (nSPS) is 11.8. The van der Waals surface area contributed by atoms with Crippen LogP contribution in [0.3, 0.4) is 0 Å². The highest BCUT2D eigenvalue weighted by molar-refractivity contribution is 5.85. The minimum Gasteiger partial charge on any atom is -0.481 e. The molecule has 6 nitrogen and oxygen atoms in total. The molecule has 1 rings (SSSR count). The summed E-state index contributed by atoms with van der Waals surface area (Å²) in [5.41, 5.74) is 6.29. The van der Waals surface area contributed by atoms with Crippen LogP contribution < -0.4 is 5.73 Å². The van der Waals surface area contributed by atoms with Gasteiger partial charge in [-0.25, -0.2) is 4.99 Å². The van der Waals surface area contributed by atoms with E-state index in [1.165, 1.54) is 0 Å². The predicted octanol–water partition coefficient (Wildman–Crippen LogP) is -0.387. The van der Waals surface area contributed by atoms with E-state index < -0.39 is 12.3 Å². The van der Waals surface area contributed by atoms with E-state index in [4.69, 9.17) is 21.1 Å². The summed E-state index contributed by atoms with van der Waals surface area (Å²) in [6, 6.07) is 6.27. The highest BCUT2D eigenvalue weighted by atomic mass is 16.5. The topological polar surface area (TPSA) is 116 Å². The zero-order chi connectivity index (χ0) is 12.1. The zero-order valence-electron chi connectivity index (χ0n) is 8.37. The summed E-state index contributed by atoms with van der Waals surface area (Å²) in [7, 11) is 0. The molecule has 16 heavy (non-hydrogen) atoms. The molecule has 0 aromatic heterocycles. The van der Waals surface area contributed by atoms with Gasteiger partial charge in [-0.3, -0.25) is 4.79 Å². The Morgan fingerprint density at radius 2 is 1.88 bits per heavy atom. The highest BCUT2D eigenvalue weighted by Crippen LogP contribution is 2.13. The van der Waals surface area contributed by atoms with E-state index in [2.05, 4.69) is 4.99 Å². The van der Waals surface area contributed by atoms with E-state index in [0.717, 1.165) is 0 Å². The molecule has 0 saturated carbocycles. The zero-order valence-corrected chi connectivity index (χ0v) is 8.37. The van der Waals surface area contributed by atoms with Crippen LogP contribution in [-0.2, 0) is 11.2 Å². The molecule has 6 heteroatoms. The van der Waals surface area contributed by atoms with Crippen molar-refractivity contribution in [1.29, 1.82) is 0 Å². The van der Waals surface area contributed by atoms with Gasteiger partial charge in [-0.05, 0) is 17.7 Å². The summed E-state index contributed by atoms with van der Waals surface area (Å²) >= 11 is 0. The van der Waals surface area contributed by atoms with Gasteiger partial charge in [0.1, 0.15) is 0 Å². The number of benzene rings is 1. The van der Waals surface area contributed by atoms with E-state index in [9.17, 15) is 4.79 Å². The number of rotatable bonds is 4. The van der Waals surface area contributed by atoms with Gasteiger partial charge in [0, 0.05) is 0 Å². The smallest absolute Gasteiger partial charge is 0.307 e. The van der Waals surface area contributed by atoms with Crippen molar-refractivity contribution in [2.75, 3.05) is 0 Å². The molecule has 0 saturated heterocycles. The Labute approximate surface area is 91.7 Å². The highest BCUT2D eigenvalue weighted by Gasteiger charge is 2.03. The molecule has 0 spiro atoms. The van der Waals surface area contributed by atoms with Crippen molar-refractivity contribution in [3.05, 3.63) is 29.8 Å². The molecule has 0 amide bonds. The number of hydrogen-bond acceptors (Lipinski definition) is 4. The first kappa shape index (κ1) is 12.2. The molecule has 5 N–H and O–H groups in total. The average Bonchev–Trinajstić information content (AvgIpc) is 2.20. The lowest BCUT2D eigenvalue weighted by atomic mass is 10.1. The minimum absolute atomic E-state index is 0.0674. The fourth-order valence-corrected chi connectivity index (χ4v) is 1.07. The van der Waals surface area contributed by atoms with Crippen molar-refractivity contribution in [3.8, 4) is 0 Å². The van der Waals surface area contributed by atoms with E-state index >= 15 is 0 Å². The SMILES string of the molecule is NC(=Nc1ccc(CC(=O)O)cc1)C(O)O. The largest absolute Gasteiger partial charge is 0.481 e. The van der Waals surface area contributed by atoms with Crippen LogP contribution in [0.1, 0.15) is 5.56 Å². The first-order valence-corrected chi connectivity index (χ1v) is 4.50. The van der Waals surface area contributed by atoms with Gasteiger partial charge in [-0.1, -0.05) is 12.1 Å². The molecule has 1 aromatic rings. The number of aliphatic hydroxyl groups is 2. The lowest BCUT2D eigenvalue weighted by Crippen LogP contribution is -2.27. The number of carboxylic acid groups (broad SMARTS) is 1. The lowest BCUT2D eigenvalue weighted by molar-refractivity contribution is -0.136. The number of aliphatic carboxylic acids is 1. The van der Waals surface area contributed by atoms with E-state index in [-0.39, 0.29) is 12.3 Å². The number of aliphatic hydroxyl groups excluding tert-OH is 1. The van der Waals surface area contributed by atoms with E-state index in [1.807, 2.05) is 0 Å². The van der Waals surface area contributed by atoms with E-state index in [0.29, 0.717) is 11.3 Å². The number of nitrogens with zero attached hydrogens (tertiary/aromatic N) is 1. The van der Waals surface area contributed by atoms with Crippen LogP contribution in [-0.4, -0.2) is 33.4 Å². The minimum atomic E-state index is -1.79. The Balaban J connectivity index is 2.79. The molecule has 0 aliphatic rings. The quantitative estimate of drug-likeness (QED) is 0.316. The third-order valence-electron chi connectivity index (χ3n) is 1.81. The molecule has 86 valence electrons. The number of hydrogen-bond donors (Lipinski definition) is 4. The number of aliphatic imine (C=N–C) groups is 1. The molecule has 1 aromatic carbocycles. The third-order valence-corrected chi connectivity index (χ3v) is 1.81. The van der Waals surface area contributed by atoms with Gasteiger partial charge in [0.2, 0.25) is 6.29 Å². The van der Waals surface area contributed by atoms with Crippen molar-refractivity contribution < 1.29 is 20.1 Å². The van der Waals surface area contributed by atoms with Crippen LogP contribution in [0, 0.1) is 0 Å². The summed E-state index contributed by atoms with van der Waals surface area (Å²) in [6.07, 6.45) is -1.86. The summed E-state index contributed by atoms with van der Waals surface area (Å²) in [4.78, 5) is 14.1. The standard InChI is InChI=1S/C10H12N2O4/c11-9(10(15)16)12-7-3-1-6(2-4-7)5-8(13)14/h1-4,10,15-16H,5H2,(H2,11,12)(H,13,14). The van der Waals surface area contributed by atoms with Crippen LogP contribution >= 0.6 is 0 Å². The fraction of sp³-hybridized carbons (Fsp3) is 0.200. The Hall–Kier alpha value is -1.92. The van der Waals surface area contributed by atoms with Crippen molar-refractivity contribution in [2.24, 2.45) is 10.7 Å². The number of carbonyl (C=O) groups is 1. The maximum atomic E-state index is 10.4. The van der Waals surface area contributed by atoms with Crippen molar-refractivity contribution in [3.63, 3.8) is 0 Å².